The van der Waals surface area contributed by atoms with Crippen molar-refractivity contribution in [3.05, 3.63) is 12.7 Å². The minimum atomic E-state index is -0.914. The lowest BCUT2D eigenvalue weighted by atomic mass is 10.1. The fourth-order valence-corrected chi connectivity index (χ4v) is 0.398. The SMILES string of the molecule is C#CCC(C=C)C(=O)O. The molecule has 0 rings (SSSR count). The second-order valence-electron chi connectivity index (χ2n) is 1.59. The van der Waals surface area contributed by atoms with Gasteiger partial charge in [-0.2, -0.15) is 0 Å². The fraction of sp³-hybridized carbons (Fsp3) is 0.286. The first-order valence-corrected chi connectivity index (χ1v) is 2.51. The Kier molecular flexibility index (Phi) is 3.22. The van der Waals surface area contributed by atoms with E-state index in [1.807, 2.05) is 0 Å². The molecule has 0 saturated carbocycles. The lowest BCUT2D eigenvalue weighted by Gasteiger charge is -1.98. The minimum absolute atomic E-state index is 0.221. The van der Waals surface area contributed by atoms with Crippen LogP contribution >= 0.6 is 0 Å². The van der Waals surface area contributed by atoms with Gasteiger partial charge in [0.1, 0.15) is 0 Å². The van der Waals surface area contributed by atoms with Gasteiger partial charge < -0.3 is 5.11 Å². The van der Waals surface area contributed by atoms with Crippen LogP contribution in [0.5, 0.6) is 0 Å². The summed E-state index contributed by atoms with van der Waals surface area (Å²) in [5.74, 6) is 0.746. The highest BCUT2D eigenvalue weighted by molar-refractivity contribution is 5.72. The van der Waals surface area contributed by atoms with Crippen molar-refractivity contribution in [2.24, 2.45) is 5.92 Å². The molecule has 0 heterocycles. The van der Waals surface area contributed by atoms with E-state index in [0.717, 1.165) is 0 Å². The average Bonchev–Trinajstić information content (AvgIpc) is 1.82. The Balaban J connectivity index is 3.86. The van der Waals surface area contributed by atoms with Gasteiger partial charge in [0.2, 0.25) is 0 Å². The number of carboxylic acid groups (broad SMARTS) is 1. The van der Waals surface area contributed by atoms with E-state index in [9.17, 15) is 4.79 Å². The molecule has 0 aromatic rings. The summed E-state index contributed by atoms with van der Waals surface area (Å²) < 4.78 is 0. The van der Waals surface area contributed by atoms with Crippen molar-refractivity contribution in [2.75, 3.05) is 0 Å². The third-order valence-electron chi connectivity index (χ3n) is 0.939. The van der Waals surface area contributed by atoms with Crippen LogP contribution in [0.2, 0.25) is 0 Å². The molecule has 1 N–H and O–H groups in total. The van der Waals surface area contributed by atoms with E-state index in [0.29, 0.717) is 0 Å². The van der Waals surface area contributed by atoms with E-state index in [1.54, 1.807) is 0 Å². The molecule has 0 aliphatic rings. The largest absolute Gasteiger partial charge is 0.481 e. The van der Waals surface area contributed by atoms with Crippen molar-refractivity contribution in [3.8, 4) is 12.3 Å². The number of hydrogen-bond donors (Lipinski definition) is 1. The van der Waals surface area contributed by atoms with Gasteiger partial charge in [0, 0.05) is 6.42 Å². The van der Waals surface area contributed by atoms with Crippen molar-refractivity contribution in [1.29, 1.82) is 0 Å². The number of hydrogen-bond acceptors (Lipinski definition) is 1. The highest BCUT2D eigenvalue weighted by atomic mass is 16.4. The van der Waals surface area contributed by atoms with E-state index >= 15 is 0 Å². The van der Waals surface area contributed by atoms with Gasteiger partial charge in [-0.3, -0.25) is 4.79 Å². The molecule has 48 valence electrons. The molecule has 0 radical (unpaired) electrons. The molecule has 2 heteroatoms. The van der Waals surface area contributed by atoms with Crippen LogP contribution in [-0.4, -0.2) is 11.1 Å². The maximum atomic E-state index is 10.2. The third kappa shape index (κ3) is 2.55. The van der Waals surface area contributed by atoms with Crippen molar-refractivity contribution in [3.63, 3.8) is 0 Å². The van der Waals surface area contributed by atoms with E-state index < -0.39 is 11.9 Å². The van der Waals surface area contributed by atoms with Gasteiger partial charge in [-0.25, -0.2) is 0 Å². The van der Waals surface area contributed by atoms with Crippen LogP contribution in [-0.2, 0) is 4.79 Å². The lowest BCUT2D eigenvalue weighted by Crippen LogP contribution is -2.09. The van der Waals surface area contributed by atoms with Gasteiger partial charge in [0.05, 0.1) is 5.92 Å². The van der Waals surface area contributed by atoms with Gasteiger partial charge in [0.25, 0.3) is 0 Å². The van der Waals surface area contributed by atoms with Crippen LogP contribution in [0, 0.1) is 18.3 Å². The number of carbonyl (C=O) groups is 1. The molecule has 0 amide bonds. The van der Waals surface area contributed by atoms with Crippen LogP contribution in [0.1, 0.15) is 6.42 Å². The first kappa shape index (κ1) is 7.77. The molecule has 1 unspecified atom stereocenters. The summed E-state index contributed by atoms with van der Waals surface area (Å²) in [7, 11) is 0. The molecule has 0 aromatic heterocycles. The van der Waals surface area contributed by atoms with Gasteiger partial charge in [-0.05, 0) is 0 Å². The Labute approximate surface area is 54.2 Å². The van der Waals surface area contributed by atoms with Crippen LogP contribution in [0.25, 0.3) is 0 Å². The van der Waals surface area contributed by atoms with Crippen LogP contribution < -0.4 is 0 Å². The standard InChI is InChI=1S/C7H8O2/c1-3-5-6(4-2)7(8)9/h1,4,6H,2,5H2,(H,8,9). The van der Waals surface area contributed by atoms with E-state index in [4.69, 9.17) is 11.5 Å². The molecular weight excluding hydrogens is 116 g/mol. The summed E-state index contributed by atoms with van der Waals surface area (Å²) in [5.41, 5.74) is 0. The van der Waals surface area contributed by atoms with Gasteiger partial charge in [-0.1, -0.05) is 6.08 Å². The second-order valence-corrected chi connectivity index (χ2v) is 1.59. The predicted octanol–water partition coefficient (Wildman–Crippen LogP) is 0.897. The van der Waals surface area contributed by atoms with E-state index in [2.05, 4.69) is 12.5 Å². The summed E-state index contributed by atoms with van der Waals surface area (Å²) in [6, 6.07) is 0. The molecule has 0 fully saturated rings. The van der Waals surface area contributed by atoms with Crippen molar-refractivity contribution < 1.29 is 9.90 Å². The van der Waals surface area contributed by atoms with Crippen LogP contribution in [0.3, 0.4) is 0 Å². The minimum Gasteiger partial charge on any atom is -0.481 e. The molecule has 0 aliphatic carbocycles. The molecule has 0 saturated heterocycles. The van der Waals surface area contributed by atoms with Crippen molar-refractivity contribution >= 4 is 5.97 Å². The first-order valence-electron chi connectivity index (χ1n) is 2.51. The molecule has 2 nitrogen and oxygen atoms in total. The number of rotatable bonds is 3. The number of terminal acetylenes is 1. The molecule has 0 aliphatic heterocycles. The Morgan fingerprint density at radius 1 is 2.00 bits per heavy atom. The summed E-state index contributed by atoms with van der Waals surface area (Å²) in [5, 5.41) is 8.34. The number of aliphatic carboxylic acids is 1. The molecule has 1 atom stereocenters. The van der Waals surface area contributed by atoms with Gasteiger partial charge in [0.15, 0.2) is 0 Å². The maximum absolute atomic E-state index is 10.2. The average molecular weight is 124 g/mol. The van der Waals surface area contributed by atoms with Crippen LogP contribution in [0.4, 0.5) is 0 Å². The first-order chi connectivity index (χ1) is 4.22. The third-order valence-corrected chi connectivity index (χ3v) is 0.939. The zero-order valence-electron chi connectivity index (χ0n) is 5.00. The van der Waals surface area contributed by atoms with Gasteiger partial charge >= 0.3 is 5.97 Å². The maximum Gasteiger partial charge on any atom is 0.311 e. The zero-order chi connectivity index (χ0) is 7.28. The van der Waals surface area contributed by atoms with E-state index in [-0.39, 0.29) is 6.42 Å². The Bertz CT molecular complexity index is 153. The topological polar surface area (TPSA) is 37.3 Å². The molecule has 0 spiro atoms. The summed E-state index contributed by atoms with van der Waals surface area (Å²) in [4.78, 5) is 10.2. The van der Waals surface area contributed by atoms with Crippen molar-refractivity contribution in [2.45, 2.75) is 6.42 Å². The normalized spacial score (nSPS) is 11.4. The highest BCUT2D eigenvalue weighted by Gasteiger charge is 2.09. The lowest BCUT2D eigenvalue weighted by molar-refractivity contribution is -0.139. The fourth-order valence-electron chi connectivity index (χ4n) is 0.398. The Morgan fingerprint density at radius 3 is 2.67 bits per heavy atom. The molecule has 0 bridgehead atoms. The number of carboxylic acids is 1. The van der Waals surface area contributed by atoms with E-state index in [1.165, 1.54) is 6.08 Å². The summed E-state index contributed by atoms with van der Waals surface area (Å²) in [6.07, 6.45) is 6.44. The Hall–Kier alpha value is -1.23. The summed E-state index contributed by atoms with van der Waals surface area (Å²) >= 11 is 0. The van der Waals surface area contributed by atoms with Crippen LogP contribution in [0.15, 0.2) is 12.7 Å². The smallest absolute Gasteiger partial charge is 0.311 e. The Morgan fingerprint density at radius 2 is 2.56 bits per heavy atom. The predicted molar refractivity (Wildman–Crippen MR) is 34.8 cm³/mol. The highest BCUT2D eigenvalue weighted by Crippen LogP contribution is 2.01. The van der Waals surface area contributed by atoms with Gasteiger partial charge in [-0.15, -0.1) is 18.9 Å². The molecular formula is C7H8O2. The van der Waals surface area contributed by atoms with Crippen molar-refractivity contribution in [1.82, 2.24) is 0 Å². The quantitative estimate of drug-likeness (QED) is 0.448. The molecule has 9 heavy (non-hydrogen) atoms. The molecule has 0 aromatic carbocycles. The zero-order valence-corrected chi connectivity index (χ0v) is 5.00. The second kappa shape index (κ2) is 3.73. The summed E-state index contributed by atoms with van der Waals surface area (Å²) in [6.45, 7) is 3.32. The monoisotopic (exact) mass is 124 g/mol.